The first-order valence-corrected chi connectivity index (χ1v) is 12.8. The van der Waals surface area contributed by atoms with Crippen LogP contribution in [-0.2, 0) is 19.2 Å². The zero-order valence-electron chi connectivity index (χ0n) is 21.2. The van der Waals surface area contributed by atoms with Gasteiger partial charge >= 0.3 is 0 Å². The standard InChI is InChI=1S/C31H24FNO6/c1-14-12-24(35)22-13-21-18(25(27(22)28(14)36)19-4-3-5-23(32)29(19)37)10-11-20-26(21)31(39)33(30(20)38)17-8-6-16(7-9-17)15(2)34/h3-10,12,20-21,25-26,37H,11,13H2,1-2H3. The van der Waals surface area contributed by atoms with E-state index in [1.807, 2.05) is 6.08 Å². The summed E-state index contributed by atoms with van der Waals surface area (Å²) in [6.07, 6.45) is 3.38. The molecular formula is C31H24FNO6. The first kappa shape index (κ1) is 24.9. The number of carbonyl (C=O) groups excluding carboxylic acids is 5. The van der Waals surface area contributed by atoms with Gasteiger partial charge in [0, 0.05) is 33.8 Å². The molecular weight excluding hydrogens is 501 g/mol. The maximum absolute atomic E-state index is 14.5. The molecule has 1 heterocycles. The number of fused-ring (bicyclic) bond motifs is 3. The van der Waals surface area contributed by atoms with Gasteiger partial charge in [-0.1, -0.05) is 23.8 Å². The number of amides is 2. The van der Waals surface area contributed by atoms with Gasteiger partial charge in [0.25, 0.3) is 0 Å². The van der Waals surface area contributed by atoms with Crippen LogP contribution in [0.15, 0.2) is 76.9 Å². The highest BCUT2D eigenvalue weighted by Gasteiger charge is 2.56. The van der Waals surface area contributed by atoms with Crippen LogP contribution in [0.4, 0.5) is 10.1 Å². The van der Waals surface area contributed by atoms with Gasteiger partial charge in [0.15, 0.2) is 28.9 Å². The molecule has 2 aromatic rings. The Labute approximate surface area is 223 Å². The summed E-state index contributed by atoms with van der Waals surface area (Å²) in [6, 6.07) is 10.3. The molecule has 2 aromatic carbocycles. The van der Waals surface area contributed by atoms with Crippen molar-refractivity contribution in [1.82, 2.24) is 0 Å². The second-order valence-electron chi connectivity index (χ2n) is 10.5. The van der Waals surface area contributed by atoms with Crippen molar-refractivity contribution < 1.29 is 33.5 Å². The minimum absolute atomic E-state index is 0.0827. The third kappa shape index (κ3) is 3.58. The average Bonchev–Trinajstić information content (AvgIpc) is 3.17. The number of anilines is 1. The fraction of sp³-hybridized carbons (Fsp3) is 0.258. The zero-order chi connectivity index (χ0) is 27.7. The number of allylic oxidation sites excluding steroid dienone is 6. The molecule has 6 rings (SSSR count). The van der Waals surface area contributed by atoms with E-state index in [2.05, 4.69) is 0 Å². The van der Waals surface area contributed by atoms with Crippen LogP contribution in [-0.4, -0.2) is 34.3 Å². The number of phenolic OH excluding ortho intramolecular Hbond substituents is 1. The number of imide groups is 1. The zero-order valence-corrected chi connectivity index (χ0v) is 21.2. The molecule has 4 unspecified atom stereocenters. The molecule has 196 valence electrons. The van der Waals surface area contributed by atoms with Crippen LogP contribution >= 0.6 is 0 Å². The van der Waals surface area contributed by atoms with Gasteiger partial charge in [-0.15, -0.1) is 0 Å². The quantitative estimate of drug-likeness (QED) is 0.276. The second-order valence-corrected chi connectivity index (χ2v) is 10.5. The Kier molecular flexibility index (Phi) is 5.61. The Hall–Kier alpha value is -4.46. The number of Topliss-reactive ketones (excluding diaryl/α,β-unsaturated/α-hetero) is 2. The number of benzene rings is 2. The molecule has 1 fully saturated rings. The number of rotatable bonds is 3. The second kappa shape index (κ2) is 8.80. The molecule has 0 aromatic heterocycles. The predicted molar refractivity (Wildman–Crippen MR) is 138 cm³/mol. The molecule has 39 heavy (non-hydrogen) atoms. The van der Waals surface area contributed by atoms with E-state index in [4.69, 9.17) is 0 Å². The van der Waals surface area contributed by atoms with E-state index in [1.165, 1.54) is 32.1 Å². The summed E-state index contributed by atoms with van der Waals surface area (Å²) in [6.45, 7) is 2.97. The number of halogens is 1. The molecule has 3 aliphatic carbocycles. The lowest BCUT2D eigenvalue weighted by Crippen LogP contribution is -2.39. The van der Waals surface area contributed by atoms with Crippen molar-refractivity contribution in [3.8, 4) is 5.75 Å². The van der Waals surface area contributed by atoms with Crippen molar-refractivity contribution in [2.75, 3.05) is 4.90 Å². The highest BCUT2D eigenvalue weighted by molar-refractivity contribution is 6.25. The monoisotopic (exact) mass is 525 g/mol. The van der Waals surface area contributed by atoms with Gasteiger partial charge in [-0.3, -0.25) is 28.9 Å². The van der Waals surface area contributed by atoms with E-state index in [1.54, 1.807) is 24.3 Å². The topological polar surface area (TPSA) is 109 Å². The summed E-state index contributed by atoms with van der Waals surface area (Å²) < 4.78 is 14.5. The van der Waals surface area contributed by atoms with Gasteiger partial charge in [0.2, 0.25) is 11.8 Å². The average molecular weight is 526 g/mol. The van der Waals surface area contributed by atoms with Crippen molar-refractivity contribution >= 4 is 34.9 Å². The molecule has 8 heteroatoms. The summed E-state index contributed by atoms with van der Waals surface area (Å²) in [7, 11) is 0. The highest BCUT2D eigenvalue weighted by atomic mass is 19.1. The van der Waals surface area contributed by atoms with Gasteiger partial charge in [-0.05, 0) is 69.0 Å². The Bertz CT molecular complexity index is 1610. The Morgan fingerprint density at radius 1 is 1.00 bits per heavy atom. The van der Waals surface area contributed by atoms with Gasteiger partial charge in [0.05, 0.1) is 17.5 Å². The number of hydrogen-bond acceptors (Lipinski definition) is 6. The van der Waals surface area contributed by atoms with Gasteiger partial charge < -0.3 is 5.11 Å². The molecule has 2 amide bonds. The lowest BCUT2D eigenvalue weighted by molar-refractivity contribution is -0.123. The summed E-state index contributed by atoms with van der Waals surface area (Å²) in [4.78, 5) is 66.8. The number of hydrogen-bond donors (Lipinski definition) is 1. The van der Waals surface area contributed by atoms with Crippen LogP contribution in [0.25, 0.3) is 0 Å². The molecule has 0 bridgehead atoms. The fourth-order valence-electron chi connectivity index (χ4n) is 6.58. The van der Waals surface area contributed by atoms with Gasteiger partial charge in [-0.2, -0.15) is 0 Å². The van der Waals surface area contributed by atoms with Crippen LogP contribution in [0, 0.1) is 23.6 Å². The molecule has 0 spiro atoms. The molecule has 4 atom stereocenters. The predicted octanol–water partition coefficient (Wildman–Crippen LogP) is 4.37. The van der Waals surface area contributed by atoms with E-state index in [-0.39, 0.29) is 58.4 Å². The fourth-order valence-corrected chi connectivity index (χ4v) is 6.58. The lowest BCUT2D eigenvalue weighted by Gasteiger charge is -2.42. The maximum Gasteiger partial charge on any atom is 0.238 e. The first-order chi connectivity index (χ1) is 18.6. The molecule has 0 saturated carbocycles. The van der Waals surface area contributed by atoms with Gasteiger partial charge in [0.1, 0.15) is 0 Å². The normalized spacial score (nSPS) is 26.2. The lowest BCUT2D eigenvalue weighted by atomic mass is 9.59. The number of phenols is 1. The van der Waals surface area contributed by atoms with Crippen LogP contribution in [0.5, 0.6) is 5.75 Å². The van der Waals surface area contributed by atoms with E-state index in [9.17, 15) is 33.5 Å². The number of ketones is 3. The van der Waals surface area contributed by atoms with Crippen molar-refractivity contribution in [3.63, 3.8) is 0 Å². The third-order valence-electron chi connectivity index (χ3n) is 8.43. The maximum atomic E-state index is 14.5. The molecule has 0 radical (unpaired) electrons. The minimum Gasteiger partial charge on any atom is -0.505 e. The summed E-state index contributed by atoms with van der Waals surface area (Å²) in [5.41, 5.74) is 2.24. The van der Waals surface area contributed by atoms with E-state index in [0.29, 0.717) is 16.8 Å². The van der Waals surface area contributed by atoms with Crippen LogP contribution in [0.3, 0.4) is 0 Å². The minimum atomic E-state index is -0.928. The van der Waals surface area contributed by atoms with E-state index in [0.717, 1.165) is 11.0 Å². The number of carbonyl (C=O) groups is 5. The Morgan fingerprint density at radius 3 is 2.41 bits per heavy atom. The summed E-state index contributed by atoms with van der Waals surface area (Å²) in [5.74, 6) is -6.14. The number of para-hydroxylation sites is 1. The van der Waals surface area contributed by atoms with Crippen molar-refractivity contribution in [2.24, 2.45) is 17.8 Å². The van der Waals surface area contributed by atoms with E-state index < -0.39 is 41.1 Å². The van der Waals surface area contributed by atoms with E-state index >= 15 is 0 Å². The molecule has 4 aliphatic rings. The smallest absolute Gasteiger partial charge is 0.238 e. The molecule has 1 N–H and O–H groups in total. The Balaban J connectivity index is 1.47. The molecule has 7 nitrogen and oxygen atoms in total. The van der Waals surface area contributed by atoms with Crippen LogP contribution < -0.4 is 4.90 Å². The highest BCUT2D eigenvalue weighted by Crippen LogP contribution is 2.56. The SMILES string of the molecule is CC(=O)c1ccc(N2C(=O)C3CC=C4C(c5cccc(F)c5O)C5=C(CC4C3C2=O)C(=O)C=C(C)C5=O)cc1. The Morgan fingerprint density at radius 2 is 1.72 bits per heavy atom. The first-order valence-electron chi connectivity index (χ1n) is 12.8. The summed E-state index contributed by atoms with van der Waals surface area (Å²) >= 11 is 0. The number of aromatic hydroxyl groups is 1. The van der Waals surface area contributed by atoms with Crippen LogP contribution in [0.1, 0.15) is 48.5 Å². The largest absolute Gasteiger partial charge is 0.505 e. The number of nitrogens with zero attached hydrogens (tertiary/aromatic N) is 1. The third-order valence-corrected chi connectivity index (χ3v) is 8.43. The van der Waals surface area contributed by atoms with Crippen molar-refractivity contribution in [1.29, 1.82) is 0 Å². The summed E-state index contributed by atoms with van der Waals surface area (Å²) in [5, 5.41) is 10.7. The van der Waals surface area contributed by atoms with Crippen LogP contribution in [0.2, 0.25) is 0 Å². The molecule has 1 saturated heterocycles. The van der Waals surface area contributed by atoms with Crippen molar-refractivity contribution in [2.45, 2.75) is 32.6 Å². The van der Waals surface area contributed by atoms with Crippen molar-refractivity contribution in [3.05, 3.63) is 93.9 Å². The molecule has 1 aliphatic heterocycles. The van der Waals surface area contributed by atoms with Gasteiger partial charge in [-0.25, -0.2) is 4.39 Å².